The van der Waals surface area contributed by atoms with Crippen LogP contribution in [0.4, 0.5) is 5.13 Å². The minimum atomic E-state index is 0.867. The smallest absolute Gasteiger partial charge is 0.186 e. The Morgan fingerprint density at radius 1 is 1.04 bits per heavy atom. The van der Waals surface area contributed by atoms with E-state index in [1.807, 2.05) is 12.1 Å². The molecule has 0 atom stereocenters. The minimum absolute atomic E-state index is 0.867. The second-order valence-corrected chi connectivity index (χ2v) is 7.05. The lowest BCUT2D eigenvalue weighted by atomic mass is 10.2. The standard InChI is InChI=1S/C19H23N3OS/c1-21(2)11-12-22(14-15-7-5-4-6-8-15)19-20-17-10-9-16(23-3)13-18(17)24-19/h4-10,13H,11-12,14H2,1-3H3. The van der Waals surface area contributed by atoms with Gasteiger partial charge in [0.15, 0.2) is 5.13 Å². The maximum absolute atomic E-state index is 5.33. The molecule has 0 fully saturated rings. The first-order chi connectivity index (χ1) is 11.7. The first-order valence-corrected chi connectivity index (χ1v) is 8.85. The summed E-state index contributed by atoms with van der Waals surface area (Å²) in [4.78, 5) is 9.39. The van der Waals surface area contributed by atoms with Gasteiger partial charge in [0.1, 0.15) is 5.75 Å². The highest BCUT2D eigenvalue weighted by Crippen LogP contribution is 2.32. The lowest BCUT2D eigenvalue weighted by Gasteiger charge is -2.23. The molecule has 0 amide bonds. The number of hydrogen-bond donors (Lipinski definition) is 0. The summed E-state index contributed by atoms with van der Waals surface area (Å²) in [6, 6.07) is 16.6. The van der Waals surface area contributed by atoms with Gasteiger partial charge in [0, 0.05) is 19.6 Å². The highest BCUT2D eigenvalue weighted by Gasteiger charge is 2.13. The lowest BCUT2D eigenvalue weighted by Crippen LogP contribution is -2.31. The van der Waals surface area contributed by atoms with Crippen molar-refractivity contribution in [1.82, 2.24) is 9.88 Å². The maximum Gasteiger partial charge on any atom is 0.186 e. The molecule has 3 aromatic rings. The average Bonchev–Trinajstić information content (AvgIpc) is 3.02. The summed E-state index contributed by atoms with van der Waals surface area (Å²) < 4.78 is 6.48. The fraction of sp³-hybridized carbons (Fsp3) is 0.316. The first kappa shape index (κ1) is 16.7. The van der Waals surface area contributed by atoms with Gasteiger partial charge in [-0.15, -0.1) is 0 Å². The third kappa shape index (κ3) is 4.04. The molecule has 1 heterocycles. The third-order valence-corrected chi connectivity index (χ3v) is 4.97. The van der Waals surface area contributed by atoms with E-state index in [1.165, 1.54) is 5.56 Å². The molecule has 0 aliphatic rings. The van der Waals surface area contributed by atoms with E-state index in [9.17, 15) is 0 Å². The molecule has 126 valence electrons. The van der Waals surface area contributed by atoms with Crippen LogP contribution >= 0.6 is 11.3 Å². The van der Waals surface area contributed by atoms with Crippen molar-refractivity contribution in [3.63, 3.8) is 0 Å². The first-order valence-electron chi connectivity index (χ1n) is 8.04. The zero-order chi connectivity index (χ0) is 16.9. The van der Waals surface area contributed by atoms with E-state index in [0.29, 0.717) is 0 Å². The van der Waals surface area contributed by atoms with Crippen molar-refractivity contribution in [3.8, 4) is 5.75 Å². The molecule has 24 heavy (non-hydrogen) atoms. The van der Waals surface area contributed by atoms with Gasteiger partial charge in [-0.25, -0.2) is 4.98 Å². The van der Waals surface area contributed by atoms with Crippen molar-refractivity contribution >= 4 is 26.7 Å². The molecule has 0 saturated heterocycles. The number of fused-ring (bicyclic) bond motifs is 1. The highest BCUT2D eigenvalue weighted by atomic mass is 32.1. The molecule has 2 aromatic carbocycles. The van der Waals surface area contributed by atoms with Crippen LogP contribution in [0.3, 0.4) is 0 Å². The Kier molecular flexibility index (Phi) is 5.33. The fourth-order valence-electron chi connectivity index (χ4n) is 2.52. The summed E-state index contributed by atoms with van der Waals surface area (Å²) in [6.07, 6.45) is 0. The largest absolute Gasteiger partial charge is 0.497 e. The predicted molar refractivity (Wildman–Crippen MR) is 102 cm³/mol. The van der Waals surface area contributed by atoms with Crippen LogP contribution in [-0.4, -0.2) is 44.2 Å². The number of benzene rings is 2. The number of anilines is 1. The predicted octanol–water partition coefficient (Wildman–Crippen LogP) is 3.87. The molecule has 0 saturated carbocycles. The van der Waals surface area contributed by atoms with Crippen LogP contribution in [0.15, 0.2) is 48.5 Å². The van der Waals surface area contributed by atoms with Crippen LogP contribution in [-0.2, 0) is 6.54 Å². The molecule has 0 radical (unpaired) electrons. The Morgan fingerprint density at radius 3 is 2.54 bits per heavy atom. The molecular weight excluding hydrogens is 318 g/mol. The van der Waals surface area contributed by atoms with Crippen LogP contribution in [0.5, 0.6) is 5.75 Å². The van der Waals surface area contributed by atoms with E-state index in [0.717, 1.165) is 40.7 Å². The second-order valence-electron chi connectivity index (χ2n) is 6.04. The second kappa shape index (κ2) is 7.64. The molecular formula is C19H23N3OS. The maximum atomic E-state index is 5.33. The van der Waals surface area contributed by atoms with Gasteiger partial charge in [0.25, 0.3) is 0 Å². The lowest BCUT2D eigenvalue weighted by molar-refractivity contribution is 0.412. The Hall–Kier alpha value is -2.11. The number of methoxy groups -OCH3 is 1. The van der Waals surface area contributed by atoms with Gasteiger partial charge in [0.2, 0.25) is 0 Å². The number of nitrogens with zero attached hydrogens (tertiary/aromatic N) is 3. The van der Waals surface area contributed by atoms with Crippen LogP contribution in [0.1, 0.15) is 5.56 Å². The van der Waals surface area contributed by atoms with Gasteiger partial charge in [-0.3, -0.25) is 0 Å². The molecule has 0 unspecified atom stereocenters. The van der Waals surface area contributed by atoms with Crippen molar-refractivity contribution in [1.29, 1.82) is 0 Å². The van der Waals surface area contributed by atoms with E-state index < -0.39 is 0 Å². The third-order valence-electron chi connectivity index (χ3n) is 3.89. The summed E-state index contributed by atoms with van der Waals surface area (Å²) in [5, 5.41) is 1.06. The van der Waals surface area contributed by atoms with Crippen LogP contribution in [0.2, 0.25) is 0 Å². The molecule has 0 aliphatic heterocycles. The zero-order valence-electron chi connectivity index (χ0n) is 14.4. The van der Waals surface area contributed by atoms with Crippen molar-refractivity contribution in [3.05, 3.63) is 54.1 Å². The van der Waals surface area contributed by atoms with E-state index in [2.05, 4.69) is 60.3 Å². The summed E-state index contributed by atoms with van der Waals surface area (Å²) in [5.41, 5.74) is 2.33. The minimum Gasteiger partial charge on any atom is -0.497 e. The average molecular weight is 341 g/mol. The molecule has 4 nitrogen and oxygen atoms in total. The summed E-state index contributed by atoms with van der Waals surface area (Å²) >= 11 is 1.72. The van der Waals surface area contributed by atoms with Gasteiger partial charge in [-0.1, -0.05) is 41.7 Å². The number of hydrogen-bond acceptors (Lipinski definition) is 5. The van der Waals surface area contributed by atoms with Crippen molar-refractivity contribution in [2.45, 2.75) is 6.54 Å². The monoisotopic (exact) mass is 341 g/mol. The van der Waals surface area contributed by atoms with E-state index >= 15 is 0 Å². The van der Waals surface area contributed by atoms with Gasteiger partial charge in [0.05, 0.1) is 17.3 Å². The Bertz CT molecular complexity index is 786. The van der Waals surface area contributed by atoms with Gasteiger partial charge >= 0.3 is 0 Å². The Balaban J connectivity index is 1.88. The number of ether oxygens (including phenoxy) is 1. The molecule has 0 aliphatic carbocycles. The van der Waals surface area contributed by atoms with Crippen LogP contribution in [0, 0.1) is 0 Å². The molecule has 0 bridgehead atoms. The molecule has 3 rings (SSSR count). The SMILES string of the molecule is COc1ccc2nc(N(CCN(C)C)Cc3ccccc3)sc2c1. The number of rotatable bonds is 7. The topological polar surface area (TPSA) is 28.6 Å². The number of aromatic nitrogens is 1. The van der Waals surface area contributed by atoms with E-state index in [1.54, 1.807) is 18.4 Å². The molecule has 5 heteroatoms. The summed E-state index contributed by atoms with van der Waals surface area (Å²) in [7, 11) is 5.90. The molecule has 0 spiro atoms. The number of likely N-dealkylation sites (N-methyl/N-ethyl adjacent to an activating group) is 1. The van der Waals surface area contributed by atoms with Crippen molar-refractivity contribution < 1.29 is 4.74 Å². The van der Waals surface area contributed by atoms with E-state index in [-0.39, 0.29) is 0 Å². The normalized spacial score (nSPS) is 11.2. The highest BCUT2D eigenvalue weighted by molar-refractivity contribution is 7.22. The summed E-state index contributed by atoms with van der Waals surface area (Å²) in [6.45, 7) is 2.80. The van der Waals surface area contributed by atoms with Crippen molar-refractivity contribution in [2.24, 2.45) is 0 Å². The number of thiazole rings is 1. The Labute approximate surface area is 147 Å². The van der Waals surface area contributed by atoms with Gasteiger partial charge in [-0.05, 0) is 37.9 Å². The fourth-order valence-corrected chi connectivity index (χ4v) is 3.54. The van der Waals surface area contributed by atoms with Crippen LogP contribution in [0.25, 0.3) is 10.2 Å². The van der Waals surface area contributed by atoms with E-state index in [4.69, 9.17) is 9.72 Å². The molecule has 1 aromatic heterocycles. The van der Waals surface area contributed by atoms with Gasteiger partial charge in [-0.2, -0.15) is 0 Å². The summed E-state index contributed by atoms with van der Waals surface area (Å²) in [5.74, 6) is 0.876. The Morgan fingerprint density at radius 2 is 1.83 bits per heavy atom. The molecule has 0 N–H and O–H groups in total. The van der Waals surface area contributed by atoms with Crippen LogP contribution < -0.4 is 9.64 Å². The van der Waals surface area contributed by atoms with Crippen molar-refractivity contribution in [2.75, 3.05) is 39.2 Å². The van der Waals surface area contributed by atoms with Gasteiger partial charge < -0.3 is 14.5 Å². The zero-order valence-corrected chi connectivity index (χ0v) is 15.2. The quantitative estimate of drug-likeness (QED) is 0.652.